The second-order valence-electron chi connectivity index (χ2n) is 6.35. The molecule has 1 aromatic heterocycles. The van der Waals surface area contributed by atoms with E-state index in [4.69, 9.17) is 4.74 Å². The number of nitrogens with zero attached hydrogens (tertiary/aromatic N) is 3. The largest absolute Gasteiger partial charge is 0.371 e. The number of carbonyl (C=O) groups is 2. The Labute approximate surface area is 136 Å². The van der Waals surface area contributed by atoms with Crippen molar-refractivity contribution in [3.05, 3.63) is 18.2 Å². The molecule has 2 amide bonds. The Kier molecular flexibility index (Phi) is 4.95. The van der Waals surface area contributed by atoms with Crippen LogP contribution in [0.4, 0.5) is 0 Å². The molecule has 0 bridgehead atoms. The minimum absolute atomic E-state index is 0.00392. The fraction of sp³-hybridized carbons (Fsp3) is 0.688. The van der Waals surface area contributed by atoms with Gasteiger partial charge in [-0.3, -0.25) is 9.59 Å². The lowest BCUT2D eigenvalue weighted by Gasteiger charge is -2.16. The van der Waals surface area contributed by atoms with Crippen LogP contribution in [0.15, 0.2) is 12.5 Å². The van der Waals surface area contributed by atoms with Crippen LogP contribution >= 0.6 is 0 Å². The van der Waals surface area contributed by atoms with Gasteiger partial charge in [0.15, 0.2) is 0 Å². The number of hydrogen-bond donors (Lipinski definition) is 1. The third kappa shape index (κ3) is 4.31. The SMILES string of the molecule is CCn1cnc(C(=O)N2CC[C@H](NC(=O)COCC3CC3)C2)c1. The molecule has 1 N–H and O–H groups in total. The number of amides is 2. The lowest BCUT2D eigenvalue weighted by Crippen LogP contribution is -2.40. The van der Waals surface area contributed by atoms with Gasteiger partial charge in [0.1, 0.15) is 12.3 Å². The van der Waals surface area contributed by atoms with Crippen LogP contribution in [-0.4, -0.2) is 58.6 Å². The van der Waals surface area contributed by atoms with E-state index in [9.17, 15) is 9.59 Å². The number of carbonyl (C=O) groups excluding carboxylic acids is 2. The number of aromatic nitrogens is 2. The van der Waals surface area contributed by atoms with Crippen molar-refractivity contribution in [2.24, 2.45) is 5.92 Å². The highest BCUT2D eigenvalue weighted by molar-refractivity contribution is 5.92. The van der Waals surface area contributed by atoms with Gasteiger partial charge in [-0.2, -0.15) is 0 Å². The number of aryl methyl sites for hydroxylation is 1. The van der Waals surface area contributed by atoms with Crippen molar-refractivity contribution in [3.8, 4) is 0 Å². The normalized spacial score (nSPS) is 20.7. The van der Waals surface area contributed by atoms with Gasteiger partial charge < -0.3 is 19.5 Å². The first kappa shape index (κ1) is 16.0. The summed E-state index contributed by atoms with van der Waals surface area (Å²) in [7, 11) is 0. The maximum Gasteiger partial charge on any atom is 0.274 e. The molecule has 7 heteroatoms. The van der Waals surface area contributed by atoms with E-state index in [-0.39, 0.29) is 24.5 Å². The highest BCUT2D eigenvalue weighted by Crippen LogP contribution is 2.28. The lowest BCUT2D eigenvalue weighted by atomic mass is 10.2. The fourth-order valence-electron chi connectivity index (χ4n) is 2.74. The molecular formula is C16H24N4O3. The maximum atomic E-state index is 12.4. The molecule has 1 atom stereocenters. The summed E-state index contributed by atoms with van der Waals surface area (Å²) in [6.45, 7) is 4.77. The molecule has 1 aliphatic heterocycles. The molecule has 7 nitrogen and oxygen atoms in total. The lowest BCUT2D eigenvalue weighted by molar-refractivity contribution is -0.126. The molecule has 1 saturated carbocycles. The van der Waals surface area contributed by atoms with Crippen molar-refractivity contribution in [1.82, 2.24) is 19.8 Å². The summed E-state index contributed by atoms with van der Waals surface area (Å²) in [6.07, 6.45) is 6.64. The summed E-state index contributed by atoms with van der Waals surface area (Å²) in [5.41, 5.74) is 0.464. The van der Waals surface area contributed by atoms with E-state index < -0.39 is 0 Å². The standard InChI is InChI=1S/C16H24N4O3/c1-2-19-8-14(17-11-19)16(22)20-6-5-13(7-20)18-15(21)10-23-9-12-3-4-12/h8,11-13H,2-7,9-10H2,1H3,(H,18,21)/t13-/m0/s1. The zero-order valence-corrected chi connectivity index (χ0v) is 13.5. The van der Waals surface area contributed by atoms with Gasteiger partial charge in [0.2, 0.25) is 5.91 Å². The molecule has 1 aromatic rings. The summed E-state index contributed by atoms with van der Waals surface area (Å²) in [5, 5.41) is 2.94. The van der Waals surface area contributed by atoms with Crippen LogP contribution in [-0.2, 0) is 16.1 Å². The number of likely N-dealkylation sites (tertiary alicyclic amines) is 1. The van der Waals surface area contributed by atoms with Crippen molar-refractivity contribution >= 4 is 11.8 Å². The average molecular weight is 320 g/mol. The molecule has 1 saturated heterocycles. The molecule has 0 aromatic carbocycles. The Morgan fingerprint density at radius 1 is 1.39 bits per heavy atom. The van der Waals surface area contributed by atoms with Crippen LogP contribution in [0.1, 0.15) is 36.7 Å². The molecule has 2 aliphatic rings. The van der Waals surface area contributed by atoms with Crippen LogP contribution < -0.4 is 5.32 Å². The molecule has 23 heavy (non-hydrogen) atoms. The Bertz CT molecular complexity index is 567. The molecule has 126 valence electrons. The summed E-state index contributed by atoms with van der Waals surface area (Å²) in [4.78, 5) is 30.1. The summed E-state index contributed by atoms with van der Waals surface area (Å²) in [6, 6.07) is 0.00392. The summed E-state index contributed by atoms with van der Waals surface area (Å²) in [5.74, 6) is 0.490. The van der Waals surface area contributed by atoms with E-state index in [0.29, 0.717) is 31.3 Å². The third-order valence-electron chi connectivity index (χ3n) is 4.34. The molecule has 2 heterocycles. The predicted molar refractivity (Wildman–Crippen MR) is 83.9 cm³/mol. The van der Waals surface area contributed by atoms with Gasteiger partial charge in [-0.1, -0.05) is 0 Å². The first-order valence-electron chi connectivity index (χ1n) is 8.34. The predicted octanol–water partition coefficient (Wildman–Crippen LogP) is 0.660. The fourth-order valence-corrected chi connectivity index (χ4v) is 2.74. The molecule has 2 fully saturated rings. The quantitative estimate of drug-likeness (QED) is 0.801. The molecule has 0 radical (unpaired) electrons. The van der Waals surface area contributed by atoms with Crippen LogP contribution in [0.25, 0.3) is 0 Å². The van der Waals surface area contributed by atoms with Crippen LogP contribution in [0, 0.1) is 5.92 Å². The number of nitrogens with one attached hydrogen (secondary N) is 1. The van der Waals surface area contributed by atoms with Gasteiger partial charge in [-0.15, -0.1) is 0 Å². The minimum atomic E-state index is -0.0970. The molecule has 1 aliphatic carbocycles. The molecule has 3 rings (SSSR count). The topological polar surface area (TPSA) is 76.5 Å². The summed E-state index contributed by atoms with van der Waals surface area (Å²) >= 11 is 0. The third-order valence-corrected chi connectivity index (χ3v) is 4.34. The van der Waals surface area contributed by atoms with Crippen LogP contribution in [0.5, 0.6) is 0 Å². The first-order chi connectivity index (χ1) is 11.2. The van der Waals surface area contributed by atoms with Crippen LogP contribution in [0.3, 0.4) is 0 Å². The van der Waals surface area contributed by atoms with E-state index >= 15 is 0 Å². The highest BCUT2D eigenvalue weighted by atomic mass is 16.5. The average Bonchev–Trinajstić information content (AvgIpc) is 3.06. The number of imidazole rings is 1. The van der Waals surface area contributed by atoms with Crippen molar-refractivity contribution in [2.45, 2.75) is 38.8 Å². The monoisotopic (exact) mass is 320 g/mol. The van der Waals surface area contributed by atoms with E-state index in [1.54, 1.807) is 17.4 Å². The Hall–Kier alpha value is -1.89. The first-order valence-corrected chi connectivity index (χ1v) is 8.34. The number of rotatable bonds is 7. The van der Waals surface area contributed by atoms with Crippen molar-refractivity contribution in [2.75, 3.05) is 26.3 Å². The van der Waals surface area contributed by atoms with Gasteiger partial charge in [0, 0.05) is 31.9 Å². The van der Waals surface area contributed by atoms with Crippen molar-refractivity contribution < 1.29 is 14.3 Å². The van der Waals surface area contributed by atoms with E-state index in [2.05, 4.69) is 10.3 Å². The van der Waals surface area contributed by atoms with Crippen LogP contribution in [0.2, 0.25) is 0 Å². The number of hydrogen-bond acceptors (Lipinski definition) is 4. The van der Waals surface area contributed by atoms with E-state index in [0.717, 1.165) is 13.0 Å². The zero-order valence-electron chi connectivity index (χ0n) is 13.5. The van der Waals surface area contributed by atoms with Crippen molar-refractivity contribution in [1.29, 1.82) is 0 Å². The molecule has 0 unspecified atom stereocenters. The Balaban J connectivity index is 1.42. The van der Waals surface area contributed by atoms with Gasteiger partial charge >= 0.3 is 0 Å². The van der Waals surface area contributed by atoms with Gasteiger partial charge in [-0.05, 0) is 32.1 Å². The van der Waals surface area contributed by atoms with E-state index in [1.807, 2.05) is 11.5 Å². The van der Waals surface area contributed by atoms with Gasteiger partial charge in [-0.25, -0.2) is 4.98 Å². The second-order valence-corrected chi connectivity index (χ2v) is 6.35. The van der Waals surface area contributed by atoms with Crippen molar-refractivity contribution in [3.63, 3.8) is 0 Å². The second kappa shape index (κ2) is 7.12. The maximum absolute atomic E-state index is 12.4. The van der Waals surface area contributed by atoms with Gasteiger partial charge in [0.25, 0.3) is 5.91 Å². The van der Waals surface area contributed by atoms with E-state index in [1.165, 1.54) is 12.8 Å². The Morgan fingerprint density at radius 3 is 2.91 bits per heavy atom. The molecule has 0 spiro atoms. The highest BCUT2D eigenvalue weighted by Gasteiger charge is 2.29. The van der Waals surface area contributed by atoms with Gasteiger partial charge in [0.05, 0.1) is 12.9 Å². The molecular weight excluding hydrogens is 296 g/mol. The minimum Gasteiger partial charge on any atom is -0.371 e. The Morgan fingerprint density at radius 2 is 2.22 bits per heavy atom. The zero-order chi connectivity index (χ0) is 16.2. The smallest absolute Gasteiger partial charge is 0.274 e. The number of ether oxygens (including phenoxy) is 1. The summed E-state index contributed by atoms with van der Waals surface area (Å²) < 4.78 is 7.26.